The van der Waals surface area contributed by atoms with E-state index in [1.807, 2.05) is 0 Å². The maximum Gasteiger partial charge on any atom is 0.331 e. The fourth-order valence-corrected chi connectivity index (χ4v) is 4.59. The maximum atomic E-state index is 14.3. The Kier molecular flexibility index (Phi) is 7.16. The second kappa shape index (κ2) is 9.00. The van der Waals surface area contributed by atoms with Crippen molar-refractivity contribution in [2.24, 2.45) is 0 Å². The molecule has 0 heterocycles. The molecule has 0 saturated heterocycles. The molecule has 2 rings (SSSR count). The number of carbonyl (C=O) groups is 2. The number of carbonyl (C=O) groups excluding carboxylic acids is 2. The van der Waals surface area contributed by atoms with Crippen molar-refractivity contribution in [3.63, 3.8) is 0 Å². The van der Waals surface area contributed by atoms with Gasteiger partial charge in [-0.2, -0.15) is 0 Å². The Morgan fingerprint density at radius 3 is 2.43 bits per heavy atom. The molecule has 1 amide bonds. The van der Waals surface area contributed by atoms with Crippen molar-refractivity contribution in [3.05, 3.63) is 29.6 Å². The lowest BCUT2D eigenvalue weighted by molar-refractivity contribution is -0.152. The minimum absolute atomic E-state index is 0.166. The molecule has 1 aliphatic carbocycles. The Balaban J connectivity index is 2.34. The lowest BCUT2D eigenvalue weighted by Gasteiger charge is -2.35. The standard InChI is InChI=1S/C19H27FN2O5S/c1-4-27-18(24)19(10-6-5-7-11-19)21-17(23)15-12-14(8-9-16(15)20)28(25,26)22-13(2)3/h8-9,12-13,22H,4-7,10-11H2,1-3H3,(H,21,23). The zero-order valence-electron chi connectivity index (χ0n) is 16.4. The molecular weight excluding hydrogens is 387 g/mol. The molecule has 0 aromatic heterocycles. The predicted molar refractivity (Wildman–Crippen MR) is 102 cm³/mol. The van der Waals surface area contributed by atoms with Crippen LogP contribution in [0.2, 0.25) is 0 Å². The third kappa shape index (κ3) is 5.08. The van der Waals surface area contributed by atoms with Crippen molar-refractivity contribution in [3.8, 4) is 0 Å². The van der Waals surface area contributed by atoms with Crippen molar-refractivity contribution in [2.75, 3.05) is 6.61 Å². The quantitative estimate of drug-likeness (QED) is 0.668. The first-order valence-electron chi connectivity index (χ1n) is 9.43. The van der Waals surface area contributed by atoms with E-state index in [0.29, 0.717) is 12.8 Å². The summed E-state index contributed by atoms with van der Waals surface area (Å²) >= 11 is 0. The van der Waals surface area contributed by atoms with Crippen molar-refractivity contribution < 1.29 is 27.1 Å². The van der Waals surface area contributed by atoms with E-state index in [1.165, 1.54) is 0 Å². The minimum atomic E-state index is -3.89. The van der Waals surface area contributed by atoms with E-state index < -0.39 is 38.8 Å². The number of esters is 1. The Bertz CT molecular complexity index is 833. The molecule has 28 heavy (non-hydrogen) atoms. The highest BCUT2D eigenvalue weighted by Gasteiger charge is 2.42. The number of benzene rings is 1. The van der Waals surface area contributed by atoms with E-state index in [0.717, 1.165) is 37.5 Å². The number of halogens is 1. The molecule has 0 aliphatic heterocycles. The molecule has 156 valence electrons. The highest BCUT2D eigenvalue weighted by Crippen LogP contribution is 2.30. The van der Waals surface area contributed by atoms with E-state index in [-0.39, 0.29) is 17.5 Å². The van der Waals surface area contributed by atoms with Crippen LogP contribution in [-0.4, -0.2) is 38.5 Å². The molecule has 0 bridgehead atoms. The van der Waals surface area contributed by atoms with Gasteiger partial charge in [0.2, 0.25) is 10.0 Å². The lowest BCUT2D eigenvalue weighted by Crippen LogP contribution is -2.56. The molecule has 2 N–H and O–H groups in total. The molecule has 1 fully saturated rings. The van der Waals surface area contributed by atoms with Gasteiger partial charge in [-0.3, -0.25) is 4.79 Å². The Labute approximate surface area is 165 Å². The minimum Gasteiger partial charge on any atom is -0.464 e. The predicted octanol–water partition coefficient (Wildman–Crippen LogP) is 2.51. The molecular formula is C19H27FN2O5S. The van der Waals surface area contributed by atoms with Gasteiger partial charge < -0.3 is 10.1 Å². The van der Waals surface area contributed by atoms with Crippen LogP contribution in [0.1, 0.15) is 63.2 Å². The number of nitrogens with one attached hydrogen (secondary N) is 2. The van der Waals surface area contributed by atoms with Crippen LogP contribution in [0, 0.1) is 5.82 Å². The normalized spacial score (nSPS) is 16.6. The summed E-state index contributed by atoms with van der Waals surface area (Å²) in [5, 5.41) is 2.62. The van der Waals surface area contributed by atoms with Crippen molar-refractivity contribution in [1.82, 2.24) is 10.0 Å². The topological polar surface area (TPSA) is 102 Å². The molecule has 0 spiro atoms. The van der Waals surface area contributed by atoms with Gasteiger partial charge in [0.1, 0.15) is 11.4 Å². The van der Waals surface area contributed by atoms with Crippen LogP contribution in [0.15, 0.2) is 23.1 Å². The first kappa shape index (κ1) is 22.3. The van der Waals surface area contributed by atoms with Crippen molar-refractivity contribution in [2.45, 2.75) is 69.4 Å². The summed E-state index contributed by atoms with van der Waals surface area (Å²) in [6, 6.07) is 2.65. The van der Waals surface area contributed by atoms with Gasteiger partial charge in [-0.15, -0.1) is 0 Å². The summed E-state index contributed by atoms with van der Waals surface area (Å²) < 4.78 is 46.5. The molecule has 1 aromatic rings. The van der Waals surface area contributed by atoms with Gasteiger partial charge in [0, 0.05) is 6.04 Å². The van der Waals surface area contributed by atoms with Crippen LogP contribution in [0.25, 0.3) is 0 Å². The number of hydrogen-bond acceptors (Lipinski definition) is 5. The zero-order valence-corrected chi connectivity index (χ0v) is 17.2. The average molecular weight is 414 g/mol. The van der Waals surface area contributed by atoms with Gasteiger partial charge in [-0.25, -0.2) is 22.3 Å². The first-order valence-corrected chi connectivity index (χ1v) is 10.9. The molecule has 1 aromatic carbocycles. The highest BCUT2D eigenvalue weighted by atomic mass is 32.2. The van der Waals surface area contributed by atoms with Crippen LogP contribution in [0.4, 0.5) is 4.39 Å². The van der Waals surface area contributed by atoms with E-state index >= 15 is 0 Å². The molecule has 1 aliphatic rings. The number of rotatable bonds is 7. The van der Waals surface area contributed by atoms with E-state index in [4.69, 9.17) is 4.74 Å². The van der Waals surface area contributed by atoms with Gasteiger partial charge in [-0.05, 0) is 51.8 Å². The third-order valence-corrected chi connectivity index (χ3v) is 6.27. The summed E-state index contributed by atoms with van der Waals surface area (Å²) in [7, 11) is -3.89. The number of hydrogen-bond donors (Lipinski definition) is 2. The Hall–Kier alpha value is -2.00. The average Bonchev–Trinajstić information content (AvgIpc) is 2.61. The molecule has 1 saturated carbocycles. The van der Waals surface area contributed by atoms with Crippen molar-refractivity contribution in [1.29, 1.82) is 0 Å². The molecule has 7 nitrogen and oxygen atoms in total. The molecule has 9 heteroatoms. The van der Waals surface area contributed by atoms with Gasteiger partial charge in [-0.1, -0.05) is 19.3 Å². The Morgan fingerprint density at radius 2 is 1.86 bits per heavy atom. The van der Waals surface area contributed by atoms with Crippen LogP contribution in [0.5, 0.6) is 0 Å². The van der Waals surface area contributed by atoms with Crippen molar-refractivity contribution >= 4 is 21.9 Å². The van der Waals surface area contributed by atoms with Crippen LogP contribution < -0.4 is 10.0 Å². The SMILES string of the molecule is CCOC(=O)C1(NC(=O)c2cc(S(=O)(=O)NC(C)C)ccc2F)CCCCC1. The summed E-state index contributed by atoms with van der Waals surface area (Å²) in [6.07, 6.45) is 3.18. The first-order chi connectivity index (χ1) is 13.1. The maximum absolute atomic E-state index is 14.3. The lowest BCUT2D eigenvalue weighted by atomic mass is 9.81. The summed E-state index contributed by atoms with van der Waals surface area (Å²) in [5.41, 5.74) is -1.65. The Morgan fingerprint density at radius 1 is 1.21 bits per heavy atom. The summed E-state index contributed by atoms with van der Waals surface area (Å²) in [4.78, 5) is 25.0. The zero-order chi connectivity index (χ0) is 20.9. The third-order valence-electron chi connectivity index (χ3n) is 4.61. The van der Waals surface area contributed by atoms with Crippen LogP contribution in [0.3, 0.4) is 0 Å². The smallest absolute Gasteiger partial charge is 0.331 e. The number of sulfonamides is 1. The highest BCUT2D eigenvalue weighted by molar-refractivity contribution is 7.89. The van der Waals surface area contributed by atoms with Gasteiger partial charge >= 0.3 is 5.97 Å². The van der Waals surface area contributed by atoms with Gasteiger partial charge in [0.15, 0.2) is 0 Å². The molecule has 0 unspecified atom stereocenters. The van der Waals surface area contributed by atoms with E-state index in [9.17, 15) is 22.4 Å². The molecule has 0 radical (unpaired) electrons. The van der Waals surface area contributed by atoms with Gasteiger partial charge in [0.05, 0.1) is 17.1 Å². The van der Waals surface area contributed by atoms with Crippen LogP contribution >= 0.6 is 0 Å². The van der Waals surface area contributed by atoms with Gasteiger partial charge in [0.25, 0.3) is 5.91 Å². The van der Waals surface area contributed by atoms with E-state index in [2.05, 4.69) is 10.0 Å². The number of amides is 1. The number of ether oxygens (including phenoxy) is 1. The molecule has 0 atom stereocenters. The van der Waals surface area contributed by atoms with Crippen LogP contribution in [-0.2, 0) is 19.6 Å². The van der Waals surface area contributed by atoms with E-state index in [1.54, 1.807) is 20.8 Å². The second-order valence-electron chi connectivity index (χ2n) is 7.24. The monoisotopic (exact) mass is 414 g/mol. The summed E-state index contributed by atoms with van der Waals surface area (Å²) in [6.45, 7) is 5.15. The fraction of sp³-hybridized carbons (Fsp3) is 0.579. The largest absolute Gasteiger partial charge is 0.464 e. The second-order valence-corrected chi connectivity index (χ2v) is 8.95. The fourth-order valence-electron chi connectivity index (χ4n) is 3.31. The summed E-state index contributed by atoms with van der Waals surface area (Å²) in [5.74, 6) is -2.25.